The SMILES string of the molecule is CCCCN1C(=CC=Cc2sc3cc(OC)ccc3[n+]2CCCC)C(C)(C)c2c1ccc1ccccc21. The number of fused-ring (bicyclic) bond motifs is 4. The Morgan fingerprint density at radius 1 is 1.00 bits per heavy atom. The summed E-state index contributed by atoms with van der Waals surface area (Å²) in [6.45, 7) is 11.4. The van der Waals surface area contributed by atoms with E-state index in [0.29, 0.717) is 0 Å². The summed E-state index contributed by atoms with van der Waals surface area (Å²) in [6, 6.07) is 19.9. The number of allylic oxidation sites excluding steroid dienone is 3. The average Bonchev–Trinajstić information content (AvgIpc) is 3.36. The number of hydrogen-bond donors (Lipinski definition) is 0. The molecule has 192 valence electrons. The molecule has 0 spiro atoms. The van der Waals surface area contributed by atoms with Crippen LogP contribution in [0.1, 0.15) is 63.9 Å². The van der Waals surface area contributed by atoms with Crippen LogP contribution in [0.5, 0.6) is 5.75 Å². The van der Waals surface area contributed by atoms with Crippen molar-refractivity contribution in [3.8, 4) is 5.75 Å². The van der Waals surface area contributed by atoms with E-state index in [4.69, 9.17) is 4.74 Å². The highest BCUT2D eigenvalue weighted by molar-refractivity contribution is 7.18. The molecule has 4 heteroatoms. The van der Waals surface area contributed by atoms with Crippen molar-refractivity contribution in [2.75, 3.05) is 18.6 Å². The van der Waals surface area contributed by atoms with Crippen LogP contribution in [0.4, 0.5) is 5.69 Å². The van der Waals surface area contributed by atoms with Gasteiger partial charge in [-0.05, 0) is 41.0 Å². The molecule has 0 aliphatic carbocycles. The maximum atomic E-state index is 5.49. The van der Waals surface area contributed by atoms with E-state index in [1.807, 2.05) is 11.3 Å². The normalized spacial score (nSPS) is 15.9. The van der Waals surface area contributed by atoms with Gasteiger partial charge in [-0.1, -0.05) is 88.3 Å². The Morgan fingerprint density at radius 2 is 1.81 bits per heavy atom. The van der Waals surface area contributed by atoms with E-state index in [9.17, 15) is 0 Å². The summed E-state index contributed by atoms with van der Waals surface area (Å²) in [4.78, 5) is 2.57. The fraction of sp³-hybridized carbons (Fsp3) is 0.364. The molecule has 1 aliphatic heterocycles. The predicted molar refractivity (Wildman–Crippen MR) is 160 cm³/mol. The van der Waals surface area contributed by atoms with Gasteiger partial charge in [-0.3, -0.25) is 0 Å². The highest BCUT2D eigenvalue weighted by Crippen LogP contribution is 2.50. The van der Waals surface area contributed by atoms with Gasteiger partial charge in [0.2, 0.25) is 5.52 Å². The minimum atomic E-state index is -0.0695. The minimum absolute atomic E-state index is 0.0695. The summed E-state index contributed by atoms with van der Waals surface area (Å²) in [5, 5.41) is 3.97. The fourth-order valence-corrected chi connectivity index (χ4v) is 6.83. The molecule has 0 atom stereocenters. The molecule has 0 saturated carbocycles. The molecule has 0 amide bonds. The fourth-order valence-electron chi connectivity index (χ4n) is 5.70. The van der Waals surface area contributed by atoms with Crippen LogP contribution in [0.2, 0.25) is 0 Å². The first-order valence-corrected chi connectivity index (χ1v) is 14.5. The monoisotopic (exact) mass is 511 g/mol. The Hall–Kier alpha value is -3.11. The van der Waals surface area contributed by atoms with Gasteiger partial charge in [0.1, 0.15) is 10.4 Å². The van der Waals surface area contributed by atoms with Gasteiger partial charge in [-0.25, -0.2) is 0 Å². The first kappa shape index (κ1) is 25.5. The molecule has 0 saturated heterocycles. The molecule has 0 fully saturated rings. The molecule has 5 rings (SSSR count). The average molecular weight is 512 g/mol. The maximum Gasteiger partial charge on any atom is 0.262 e. The van der Waals surface area contributed by atoms with Crippen molar-refractivity contribution in [1.82, 2.24) is 0 Å². The van der Waals surface area contributed by atoms with E-state index < -0.39 is 0 Å². The van der Waals surface area contributed by atoms with Gasteiger partial charge in [-0.15, -0.1) is 0 Å². The Labute approximate surface area is 225 Å². The quantitative estimate of drug-likeness (QED) is 0.209. The van der Waals surface area contributed by atoms with Crippen molar-refractivity contribution in [2.45, 2.75) is 65.3 Å². The molecule has 3 aromatic carbocycles. The van der Waals surface area contributed by atoms with Crippen LogP contribution in [0.3, 0.4) is 0 Å². The minimum Gasteiger partial charge on any atom is -0.497 e. The third-order valence-electron chi connectivity index (χ3n) is 7.66. The van der Waals surface area contributed by atoms with Crippen LogP contribution in [0.25, 0.3) is 27.1 Å². The van der Waals surface area contributed by atoms with Crippen LogP contribution in [-0.4, -0.2) is 13.7 Å². The zero-order valence-corrected chi connectivity index (χ0v) is 23.7. The van der Waals surface area contributed by atoms with Gasteiger partial charge in [0.25, 0.3) is 5.01 Å². The van der Waals surface area contributed by atoms with E-state index >= 15 is 0 Å². The second-order valence-corrected chi connectivity index (χ2v) is 11.6. The molecule has 0 unspecified atom stereocenters. The van der Waals surface area contributed by atoms with Gasteiger partial charge in [0.05, 0.1) is 7.11 Å². The number of anilines is 1. The van der Waals surface area contributed by atoms with Crippen LogP contribution in [0.15, 0.2) is 72.4 Å². The number of thiazole rings is 1. The van der Waals surface area contributed by atoms with Gasteiger partial charge < -0.3 is 9.64 Å². The molecule has 3 nitrogen and oxygen atoms in total. The summed E-state index contributed by atoms with van der Waals surface area (Å²) in [7, 11) is 1.74. The van der Waals surface area contributed by atoms with Crippen molar-refractivity contribution in [2.24, 2.45) is 0 Å². The van der Waals surface area contributed by atoms with E-state index in [2.05, 4.69) is 110 Å². The Morgan fingerprint density at radius 3 is 2.59 bits per heavy atom. The lowest BCUT2D eigenvalue weighted by Crippen LogP contribution is -2.34. The smallest absolute Gasteiger partial charge is 0.262 e. The molecular weight excluding hydrogens is 472 g/mol. The summed E-state index contributed by atoms with van der Waals surface area (Å²) < 4.78 is 9.23. The van der Waals surface area contributed by atoms with Crippen LogP contribution >= 0.6 is 11.3 Å². The number of methoxy groups -OCH3 is 1. The summed E-state index contributed by atoms with van der Waals surface area (Å²) >= 11 is 1.84. The molecular formula is C33H39N2OS+. The van der Waals surface area contributed by atoms with Crippen LogP contribution < -0.4 is 14.2 Å². The van der Waals surface area contributed by atoms with Crippen molar-refractivity contribution in [3.05, 3.63) is 83.0 Å². The molecule has 0 radical (unpaired) electrons. The zero-order valence-electron chi connectivity index (χ0n) is 22.9. The lowest BCUT2D eigenvalue weighted by atomic mass is 9.81. The van der Waals surface area contributed by atoms with Gasteiger partial charge in [0, 0.05) is 48.0 Å². The lowest BCUT2D eigenvalue weighted by molar-refractivity contribution is -0.669. The molecule has 2 heterocycles. The van der Waals surface area contributed by atoms with Crippen LogP contribution in [-0.2, 0) is 12.0 Å². The largest absolute Gasteiger partial charge is 0.497 e. The second-order valence-electron chi connectivity index (χ2n) is 10.5. The first-order chi connectivity index (χ1) is 18.0. The number of benzene rings is 3. The van der Waals surface area contributed by atoms with E-state index in [0.717, 1.165) is 18.8 Å². The third kappa shape index (κ3) is 4.68. The summed E-state index contributed by atoms with van der Waals surface area (Å²) in [6.07, 6.45) is 11.7. The van der Waals surface area contributed by atoms with Gasteiger partial charge in [0.15, 0.2) is 6.54 Å². The number of hydrogen-bond acceptors (Lipinski definition) is 3. The number of ether oxygens (including phenoxy) is 1. The van der Waals surface area contributed by atoms with Crippen molar-refractivity contribution in [3.63, 3.8) is 0 Å². The molecule has 4 aromatic rings. The summed E-state index contributed by atoms with van der Waals surface area (Å²) in [5.41, 5.74) is 5.42. The lowest BCUT2D eigenvalue weighted by Gasteiger charge is -2.27. The van der Waals surface area contributed by atoms with Crippen molar-refractivity contribution in [1.29, 1.82) is 0 Å². The third-order valence-corrected chi connectivity index (χ3v) is 8.77. The number of aryl methyl sites for hydroxylation is 1. The topological polar surface area (TPSA) is 16.4 Å². The van der Waals surface area contributed by atoms with E-state index in [1.165, 1.54) is 68.6 Å². The zero-order chi connectivity index (χ0) is 26.0. The van der Waals surface area contributed by atoms with Gasteiger partial charge in [-0.2, -0.15) is 4.57 Å². The Balaban J connectivity index is 1.57. The molecule has 0 bridgehead atoms. The highest BCUT2D eigenvalue weighted by atomic mass is 32.1. The molecule has 0 N–H and O–H groups in total. The molecule has 37 heavy (non-hydrogen) atoms. The molecule has 1 aliphatic rings. The predicted octanol–water partition coefficient (Wildman–Crippen LogP) is 8.65. The van der Waals surface area contributed by atoms with Crippen molar-refractivity contribution < 1.29 is 9.30 Å². The number of nitrogens with zero attached hydrogens (tertiary/aromatic N) is 2. The molecule has 1 aromatic heterocycles. The highest BCUT2D eigenvalue weighted by Gasteiger charge is 2.40. The number of aromatic nitrogens is 1. The maximum absolute atomic E-state index is 5.49. The number of unbranched alkanes of at least 4 members (excludes halogenated alkanes) is 2. The standard InChI is InChI=1S/C33H39N2OS/c1-6-8-21-34-28-19-17-24-13-10-11-14-26(24)32(28)33(3,4)30(34)15-12-16-31-35(22-9-7-2)27-20-18-25(36-5)23-29(27)37-31/h10-20,23H,6-9,21-22H2,1-5H3/q+1. The Bertz CT molecular complexity index is 1480. The number of rotatable bonds is 9. The van der Waals surface area contributed by atoms with Gasteiger partial charge >= 0.3 is 0 Å². The first-order valence-electron chi connectivity index (χ1n) is 13.7. The van der Waals surface area contributed by atoms with Crippen LogP contribution in [0, 0.1) is 0 Å². The summed E-state index contributed by atoms with van der Waals surface area (Å²) in [5.74, 6) is 0.915. The second kappa shape index (κ2) is 10.7. The van der Waals surface area contributed by atoms with Crippen molar-refractivity contribution >= 4 is 44.1 Å². The van der Waals surface area contributed by atoms with E-state index in [1.54, 1.807) is 7.11 Å². The Kier molecular flexibility index (Phi) is 7.39. The van der Waals surface area contributed by atoms with E-state index in [-0.39, 0.29) is 5.41 Å².